The fraction of sp³-hybridized carbons (Fsp3) is 0.200. The van der Waals surface area contributed by atoms with Gasteiger partial charge >= 0.3 is 0 Å². The van der Waals surface area contributed by atoms with E-state index in [1.54, 1.807) is 7.11 Å². The number of rotatable bonds is 8. The molecule has 1 amide bonds. The summed E-state index contributed by atoms with van der Waals surface area (Å²) in [5, 5.41) is 5.34. The lowest BCUT2D eigenvalue weighted by Gasteiger charge is -2.08. The molecular weight excluding hydrogens is 362 g/mol. The van der Waals surface area contributed by atoms with Crippen LogP contribution in [-0.4, -0.2) is 24.6 Å². The molecule has 27 heavy (non-hydrogen) atoms. The van der Waals surface area contributed by atoms with E-state index in [0.29, 0.717) is 24.6 Å². The van der Waals surface area contributed by atoms with E-state index in [1.165, 1.54) is 11.3 Å². The average Bonchev–Trinajstić information content (AvgIpc) is 3.13. The normalized spacial score (nSPS) is 10.4. The SMILES string of the molecule is COc1ccc(OCCCC(=O)Nc2ccc(-c3csc(N)n3)cc2)cc1. The Labute approximate surface area is 162 Å². The lowest BCUT2D eigenvalue weighted by atomic mass is 10.1. The van der Waals surface area contributed by atoms with Crippen molar-refractivity contribution < 1.29 is 14.3 Å². The maximum Gasteiger partial charge on any atom is 0.224 e. The molecule has 0 aliphatic carbocycles. The summed E-state index contributed by atoms with van der Waals surface area (Å²) in [6.07, 6.45) is 1.02. The number of carbonyl (C=O) groups excluding carboxylic acids is 1. The average molecular weight is 383 g/mol. The zero-order valence-electron chi connectivity index (χ0n) is 15.0. The lowest BCUT2D eigenvalue weighted by Crippen LogP contribution is -2.12. The van der Waals surface area contributed by atoms with Gasteiger partial charge < -0.3 is 20.5 Å². The van der Waals surface area contributed by atoms with Crippen LogP contribution in [0.5, 0.6) is 11.5 Å². The molecule has 0 bridgehead atoms. The van der Waals surface area contributed by atoms with Crippen LogP contribution in [-0.2, 0) is 4.79 Å². The summed E-state index contributed by atoms with van der Waals surface area (Å²) in [6.45, 7) is 0.476. The number of benzene rings is 2. The first-order chi connectivity index (χ1) is 13.1. The zero-order chi connectivity index (χ0) is 19.1. The lowest BCUT2D eigenvalue weighted by molar-refractivity contribution is -0.116. The fourth-order valence-electron chi connectivity index (χ4n) is 2.46. The summed E-state index contributed by atoms with van der Waals surface area (Å²) < 4.78 is 10.7. The number of hydrogen-bond donors (Lipinski definition) is 2. The number of methoxy groups -OCH3 is 1. The zero-order valence-corrected chi connectivity index (χ0v) is 15.8. The van der Waals surface area contributed by atoms with E-state index in [-0.39, 0.29) is 5.91 Å². The molecular formula is C20H21N3O3S. The molecule has 0 unspecified atom stereocenters. The van der Waals surface area contributed by atoms with E-state index in [1.807, 2.05) is 53.9 Å². The maximum atomic E-state index is 12.1. The highest BCUT2D eigenvalue weighted by Gasteiger charge is 2.05. The predicted molar refractivity (Wildman–Crippen MR) is 108 cm³/mol. The standard InChI is InChI=1S/C20H21N3O3S/c1-25-16-8-10-17(11-9-16)26-12-2-3-19(24)22-15-6-4-14(5-7-15)18-13-27-20(21)23-18/h4-11,13H,2-3,12H2,1H3,(H2,21,23)(H,22,24). The molecule has 0 aliphatic heterocycles. The van der Waals surface area contributed by atoms with E-state index in [2.05, 4.69) is 10.3 Å². The monoisotopic (exact) mass is 383 g/mol. The van der Waals surface area contributed by atoms with Gasteiger partial charge in [0.2, 0.25) is 5.91 Å². The molecule has 7 heteroatoms. The van der Waals surface area contributed by atoms with Crippen LogP contribution in [0.4, 0.5) is 10.8 Å². The molecule has 0 spiro atoms. The molecule has 0 fully saturated rings. The molecule has 0 aliphatic rings. The van der Waals surface area contributed by atoms with Gasteiger partial charge in [-0.25, -0.2) is 4.98 Å². The van der Waals surface area contributed by atoms with Gasteiger partial charge in [-0.1, -0.05) is 12.1 Å². The molecule has 0 atom stereocenters. The Kier molecular flexibility index (Phi) is 6.27. The Hall–Kier alpha value is -3.06. The van der Waals surface area contributed by atoms with E-state index in [9.17, 15) is 4.79 Å². The third-order valence-electron chi connectivity index (χ3n) is 3.86. The van der Waals surface area contributed by atoms with Gasteiger partial charge in [0.05, 0.1) is 19.4 Å². The summed E-state index contributed by atoms with van der Waals surface area (Å²) in [6, 6.07) is 14.9. The van der Waals surface area contributed by atoms with Gasteiger partial charge in [-0.15, -0.1) is 11.3 Å². The van der Waals surface area contributed by atoms with Crippen LogP contribution in [0.3, 0.4) is 0 Å². The second-order valence-corrected chi connectivity index (χ2v) is 6.71. The van der Waals surface area contributed by atoms with E-state index in [4.69, 9.17) is 15.2 Å². The van der Waals surface area contributed by atoms with Crippen LogP contribution >= 0.6 is 11.3 Å². The molecule has 140 valence electrons. The quantitative estimate of drug-likeness (QED) is 0.569. The first kappa shape index (κ1) is 18.7. The number of amides is 1. The van der Waals surface area contributed by atoms with Crippen molar-refractivity contribution in [2.24, 2.45) is 0 Å². The Morgan fingerprint density at radius 1 is 1.11 bits per heavy atom. The van der Waals surface area contributed by atoms with Crippen LogP contribution in [0.2, 0.25) is 0 Å². The molecule has 2 aromatic carbocycles. The Bertz CT molecular complexity index is 876. The molecule has 1 heterocycles. The first-order valence-corrected chi connectivity index (χ1v) is 9.40. The van der Waals surface area contributed by atoms with Gasteiger partial charge in [0, 0.05) is 23.1 Å². The minimum absolute atomic E-state index is 0.0426. The third kappa shape index (κ3) is 5.46. The number of anilines is 2. The molecule has 0 radical (unpaired) electrons. The van der Waals surface area contributed by atoms with Crippen LogP contribution in [0.15, 0.2) is 53.9 Å². The predicted octanol–water partition coefficient (Wildman–Crippen LogP) is 4.20. The highest BCUT2D eigenvalue weighted by molar-refractivity contribution is 7.13. The van der Waals surface area contributed by atoms with Gasteiger partial charge in [0.15, 0.2) is 5.13 Å². The van der Waals surface area contributed by atoms with Gasteiger partial charge in [-0.05, 0) is 42.8 Å². The molecule has 1 aromatic heterocycles. The van der Waals surface area contributed by atoms with Gasteiger partial charge in [-0.3, -0.25) is 4.79 Å². The summed E-state index contributed by atoms with van der Waals surface area (Å²) in [7, 11) is 1.62. The number of aromatic nitrogens is 1. The van der Waals surface area contributed by atoms with Crippen molar-refractivity contribution >= 4 is 28.1 Å². The van der Waals surface area contributed by atoms with Crippen molar-refractivity contribution in [1.29, 1.82) is 0 Å². The maximum absolute atomic E-state index is 12.1. The van der Waals surface area contributed by atoms with Gasteiger partial charge in [0.1, 0.15) is 11.5 Å². The van der Waals surface area contributed by atoms with Crippen LogP contribution in [0.25, 0.3) is 11.3 Å². The molecule has 3 aromatic rings. The highest BCUT2D eigenvalue weighted by Crippen LogP contribution is 2.24. The highest BCUT2D eigenvalue weighted by atomic mass is 32.1. The number of carbonyl (C=O) groups is 1. The van der Waals surface area contributed by atoms with E-state index < -0.39 is 0 Å². The number of nitrogens with two attached hydrogens (primary N) is 1. The van der Waals surface area contributed by atoms with Crippen molar-refractivity contribution in [1.82, 2.24) is 4.98 Å². The third-order valence-corrected chi connectivity index (χ3v) is 4.54. The number of ether oxygens (including phenoxy) is 2. The van der Waals surface area contributed by atoms with Crippen molar-refractivity contribution in [3.8, 4) is 22.8 Å². The number of nitrogen functional groups attached to an aromatic ring is 1. The molecule has 3 N–H and O–H groups in total. The number of hydrogen-bond acceptors (Lipinski definition) is 6. The van der Waals surface area contributed by atoms with Crippen LogP contribution in [0.1, 0.15) is 12.8 Å². The molecule has 3 rings (SSSR count). The smallest absolute Gasteiger partial charge is 0.224 e. The summed E-state index contributed by atoms with van der Waals surface area (Å²) in [4.78, 5) is 16.3. The van der Waals surface area contributed by atoms with Crippen molar-refractivity contribution in [2.45, 2.75) is 12.8 Å². The molecule has 0 saturated carbocycles. The Morgan fingerprint density at radius 3 is 2.44 bits per heavy atom. The van der Waals surface area contributed by atoms with Crippen molar-refractivity contribution in [3.63, 3.8) is 0 Å². The first-order valence-electron chi connectivity index (χ1n) is 8.52. The second kappa shape index (κ2) is 9.05. The largest absolute Gasteiger partial charge is 0.497 e. The summed E-state index contributed by atoms with van der Waals surface area (Å²) >= 11 is 1.40. The van der Waals surface area contributed by atoms with E-state index >= 15 is 0 Å². The minimum atomic E-state index is -0.0426. The topological polar surface area (TPSA) is 86.5 Å². The van der Waals surface area contributed by atoms with E-state index in [0.717, 1.165) is 28.4 Å². The minimum Gasteiger partial charge on any atom is -0.497 e. The van der Waals surface area contributed by atoms with Crippen LogP contribution < -0.4 is 20.5 Å². The number of nitrogens with zero attached hydrogens (tertiary/aromatic N) is 1. The van der Waals surface area contributed by atoms with Crippen LogP contribution in [0, 0.1) is 0 Å². The molecule has 6 nitrogen and oxygen atoms in total. The Balaban J connectivity index is 1.41. The second-order valence-electron chi connectivity index (χ2n) is 5.82. The fourth-order valence-corrected chi connectivity index (χ4v) is 3.03. The van der Waals surface area contributed by atoms with Gasteiger partial charge in [-0.2, -0.15) is 0 Å². The van der Waals surface area contributed by atoms with Crippen molar-refractivity contribution in [2.75, 3.05) is 24.8 Å². The Morgan fingerprint density at radius 2 is 1.81 bits per heavy atom. The summed E-state index contributed by atoms with van der Waals surface area (Å²) in [5.41, 5.74) is 8.21. The number of nitrogens with one attached hydrogen (secondary N) is 1. The van der Waals surface area contributed by atoms with Crippen molar-refractivity contribution in [3.05, 3.63) is 53.9 Å². The molecule has 0 saturated heterocycles. The number of thiazole rings is 1. The van der Waals surface area contributed by atoms with Gasteiger partial charge in [0.25, 0.3) is 0 Å². The summed E-state index contributed by atoms with van der Waals surface area (Å²) in [5.74, 6) is 1.50.